The van der Waals surface area contributed by atoms with Gasteiger partial charge in [0.05, 0.1) is 0 Å². The van der Waals surface area contributed by atoms with Gasteiger partial charge in [-0.2, -0.15) is 0 Å². The highest BCUT2D eigenvalue weighted by molar-refractivity contribution is 5.26. The highest BCUT2D eigenvalue weighted by atomic mass is 14.7. The normalized spacial score (nSPS) is 28.5. The van der Waals surface area contributed by atoms with Crippen molar-refractivity contribution in [1.29, 1.82) is 0 Å². The Morgan fingerprint density at radius 1 is 1.38 bits per heavy atom. The highest BCUT2D eigenvalue weighted by Crippen LogP contribution is 2.49. The van der Waals surface area contributed by atoms with Gasteiger partial charge in [0.2, 0.25) is 0 Å². The molecule has 2 rings (SSSR count). The summed E-state index contributed by atoms with van der Waals surface area (Å²) in [6.45, 7) is 2.17. The molecule has 1 aromatic carbocycles. The Labute approximate surface area is 80.0 Å². The molecule has 3 unspecified atom stereocenters. The van der Waals surface area contributed by atoms with Crippen LogP contribution in [-0.4, -0.2) is 6.04 Å². The lowest BCUT2D eigenvalue weighted by atomic mass is 10.0. The molecule has 13 heavy (non-hydrogen) atoms. The summed E-state index contributed by atoms with van der Waals surface area (Å²) in [7, 11) is 0. The van der Waals surface area contributed by atoms with Crippen LogP contribution >= 0.6 is 0 Å². The zero-order chi connectivity index (χ0) is 9.26. The predicted octanol–water partition coefficient (Wildman–Crippen LogP) is 2.53. The van der Waals surface area contributed by atoms with E-state index >= 15 is 0 Å². The van der Waals surface area contributed by atoms with Crippen molar-refractivity contribution < 1.29 is 0 Å². The topological polar surface area (TPSA) is 26.0 Å². The van der Waals surface area contributed by atoms with Crippen molar-refractivity contribution in [2.45, 2.75) is 31.7 Å². The van der Waals surface area contributed by atoms with Crippen LogP contribution in [-0.2, 0) is 0 Å². The van der Waals surface area contributed by atoms with Gasteiger partial charge in [-0.15, -0.1) is 0 Å². The molecule has 0 aromatic heterocycles. The molecule has 2 N–H and O–H groups in total. The quantitative estimate of drug-likeness (QED) is 0.750. The summed E-state index contributed by atoms with van der Waals surface area (Å²) in [5, 5.41) is 0. The Balaban J connectivity index is 2.00. The summed E-state index contributed by atoms with van der Waals surface area (Å²) in [5.74, 6) is 1.49. The van der Waals surface area contributed by atoms with Crippen LogP contribution in [0, 0.1) is 5.92 Å². The monoisotopic (exact) mass is 175 g/mol. The molecule has 1 nitrogen and oxygen atoms in total. The van der Waals surface area contributed by atoms with Gasteiger partial charge in [-0.05, 0) is 30.2 Å². The smallest absolute Gasteiger partial charge is 0.00705 e. The number of hydrogen-bond acceptors (Lipinski definition) is 1. The number of rotatable bonds is 3. The fourth-order valence-electron chi connectivity index (χ4n) is 2.07. The van der Waals surface area contributed by atoms with Crippen LogP contribution in [0.15, 0.2) is 30.3 Å². The van der Waals surface area contributed by atoms with Crippen LogP contribution in [0.4, 0.5) is 0 Å². The fraction of sp³-hybridized carbons (Fsp3) is 0.500. The Morgan fingerprint density at radius 2 is 2.08 bits per heavy atom. The Hall–Kier alpha value is -0.820. The molecule has 1 aliphatic carbocycles. The molecule has 0 aliphatic heterocycles. The molecule has 0 amide bonds. The third kappa shape index (κ3) is 1.75. The molecule has 0 saturated heterocycles. The van der Waals surface area contributed by atoms with Gasteiger partial charge in [-0.1, -0.05) is 37.3 Å². The minimum Gasteiger partial charge on any atom is -0.327 e. The third-order valence-corrected chi connectivity index (χ3v) is 3.09. The van der Waals surface area contributed by atoms with Crippen LogP contribution in [0.25, 0.3) is 0 Å². The Kier molecular flexibility index (Phi) is 2.36. The lowest BCUT2D eigenvalue weighted by molar-refractivity contribution is 0.564. The van der Waals surface area contributed by atoms with Crippen molar-refractivity contribution in [3.05, 3.63) is 35.9 Å². The molecule has 1 heteroatoms. The van der Waals surface area contributed by atoms with E-state index in [0.717, 1.165) is 18.3 Å². The first-order chi connectivity index (χ1) is 6.33. The summed E-state index contributed by atoms with van der Waals surface area (Å²) >= 11 is 0. The summed E-state index contributed by atoms with van der Waals surface area (Å²) in [4.78, 5) is 0. The molecular weight excluding hydrogens is 158 g/mol. The number of nitrogens with two attached hydrogens (primary N) is 1. The van der Waals surface area contributed by atoms with E-state index in [1.54, 1.807) is 0 Å². The van der Waals surface area contributed by atoms with Crippen molar-refractivity contribution in [3.63, 3.8) is 0 Å². The zero-order valence-electron chi connectivity index (χ0n) is 8.11. The van der Waals surface area contributed by atoms with Crippen LogP contribution in [0.5, 0.6) is 0 Å². The maximum atomic E-state index is 6.01. The largest absolute Gasteiger partial charge is 0.327 e. The highest BCUT2D eigenvalue weighted by Gasteiger charge is 2.41. The maximum absolute atomic E-state index is 6.01. The van der Waals surface area contributed by atoms with Crippen molar-refractivity contribution in [2.24, 2.45) is 11.7 Å². The van der Waals surface area contributed by atoms with Gasteiger partial charge in [0.1, 0.15) is 0 Å². The predicted molar refractivity (Wildman–Crippen MR) is 55.6 cm³/mol. The third-order valence-electron chi connectivity index (χ3n) is 3.09. The molecule has 1 saturated carbocycles. The molecule has 0 heterocycles. The first-order valence-corrected chi connectivity index (χ1v) is 5.13. The fourth-order valence-corrected chi connectivity index (χ4v) is 2.07. The molecular formula is C12H17N. The minimum atomic E-state index is 0.408. The lowest BCUT2D eigenvalue weighted by Gasteiger charge is -2.07. The number of hydrogen-bond donors (Lipinski definition) is 1. The second-order valence-electron chi connectivity index (χ2n) is 3.99. The Bertz CT molecular complexity index is 268. The first-order valence-electron chi connectivity index (χ1n) is 5.13. The number of benzene rings is 1. The molecule has 0 spiro atoms. The molecule has 1 fully saturated rings. The van der Waals surface area contributed by atoms with E-state index in [0.29, 0.717) is 6.04 Å². The van der Waals surface area contributed by atoms with E-state index in [1.165, 1.54) is 12.0 Å². The minimum absolute atomic E-state index is 0.408. The van der Waals surface area contributed by atoms with Gasteiger partial charge in [0.15, 0.2) is 0 Å². The van der Waals surface area contributed by atoms with E-state index < -0.39 is 0 Å². The zero-order valence-corrected chi connectivity index (χ0v) is 8.11. The molecule has 0 bridgehead atoms. The molecule has 3 atom stereocenters. The van der Waals surface area contributed by atoms with Crippen molar-refractivity contribution in [2.75, 3.05) is 0 Å². The Morgan fingerprint density at radius 3 is 2.69 bits per heavy atom. The van der Waals surface area contributed by atoms with Crippen LogP contribution in [0.3, 0.4) is 0 Å². The van der Waals surface area contributed by atoms with Gasteiger partial charge >= 0.3 is 0 Å². The van der Waals surface area contributed by atoms with E-state index in [4.69, 9.17) is 5.73 Å². The van der Waals surface area contributed by atoms with Gasteiger partial charge in [-0.25, -0.2) is 0 Å². The molecule has 0 radical (unpaired) electrons. The van der Waals surface area contributed by atoms with Crippen LogP contribution in [0.2, 0.25) is 0 Å². The summed E-state index contributed by atoms with van der Waals surface area (Å²) < 4.78 is 0. The van der Waals surface area contributed by atoms with E-state index in [1.807, 2.05) is 0 Å². The van der Waals surface area contributed by atoms with E-state index in [-0.39, 0.29) is 0 Å². The lowest BCUT2D eigenvalue weighted by Crippen LogP contribution is -2.21. The summed E-state index contributed by atoms with van der Waals surface area (Å²) in [6, 6.07) is 11.1. The SMILES string of the molecule is CCC(N)C1CC1c1ccccc1. The average molecular weight is 175 g/mol. The second kappa shape index (κ2) is 3.51. The summed E-state index contributed by atoms with van der Waals surface area (Å²) in [6.07, 6.45) is 2.40. The van der Waals surface area contributed by atoms with E-state index in [9.17, 15) is 0 Å². The van der Waals surface area contributed by atoms with Crippen LogP contribution in [0.1, 0.15) is 31.2 Å². The maximum Gasteiger partial charge on any atom is 0.00705 e. The van der Waals surface area contributed by atoms with E-state index in [2.05, 4.69) is 37.3 Å². The van der Waals surface area contributed by atoms with Crippen molar-refractivity contribution >= 4 is 0 Å². The molecule has 1 aromatic rings. The average Bonchev–Trinajstić information content (AvgIpc) is 2.98. The van der Waals surface area contributed by atoms with Gasteiger partial charge < -0.3 is 5.73 Å². The van der Waals surface area contributed by atoms with Gasteiger partial charge in [0.25, 0.3) is 0 Å². The molecule has 70 valence electrons. The molecule has 1 aliphatic rings. The van der Waals surface area contributed by atoms with Crippen LogP contribution < -0.4 is 5.73 Å². The standard InChI is InChI=1S/C12H17N/c1-2-12(13)11-8-10(11)9-6-4-3-5-7-9/h3-7,10-12H,2,8,13H2,1H3. The van der Waals surface area contributed by atoms with Crippen molar-refractivity contribution in [3.8, 4) is 0 Å². The van der Waals surface area contributed by atoms with Gasteiger partial charge in [0, 0.05) is 6.04 Å². The first kappa shape index (κ1) is 8.76. The summed E-state index contributed by atoms with van der Waals surface area (Å²) in [5.41, 5.74) is 7.47. The van der Waals surface area contributed by atoms with Gasteiger partial charge in [-0.3, -0.25) is 0 Å². The van der Waals surface area contributed by atoms with Crippen molar-refractivity contribution in [1.82, 2.24) is 0 Å². The second-order valence-corrected chi connectivity index (χ2v) is 3.99.